The first-order chi connectivity index (χ1) is 21.9. The first-order valence-corrected chi connectivity index (χ1v) is 15.0. The largest absolute Gasteiger partial charge is 0.394 e. The third kappa shape index (κ3) is 9.29. The fourth-order valence-corrected chi connectivity index (χ4v) is 5.22. The molecular formula is C27H48N2O17. The minimum Gasteiger partial charge on any atom is -0.394 e. The van der Waals surface area contributed by atoms with E-state index in [4.69, 9.17) is 28.4 Å². The molecule has 3 aliphatic rings. The van der Waals surface area contributed by atoms with Crippen molar-refractivity contribution in [3.05, 3.63) is 12.8 Å². The van der Waals surface area contributed by atoms with E-state index in [2.05, 4.69) is 17.2 Å². The highest BCUT2D eigenvalue weighted by atomic mass is 16.8. The summed E-state index contributed by atoms with van der Waals surface area (Å²) in [5.41, 5.74) is 0. The summed E-state index contributed by atoms with van der Waals surface area (Å²) in [5, 5.41) is 108. The number of rotatable bonds is 16. The van der Waals surface area contributed by atoms with Crippen LogP contribution in [0.15, 0.2) is 12.8 Å². The molecule has 0 bridgehead atoms. The van der Waals surface area contributed by atoms with E-state index in [9.17, 15) is 55.9 Å². The second-order valence-corrected chi connectivity index (χ2v) is 11.3. The minimum absolute atomic E-state index is 0.0686. The number of aliphatic hydroxyl groups is 10. The Labute approximate surface area is 264 Å². The van der Waals surface area contributed by atoms with Crippen molar-refractivity contribution < 1.29 is 84.3 Å². The van der Waals surface area contributed by atoms with E-state index in [1.807, 2.05) is 0 Å². The number of hydrogen-bond donors (Lipinski definition) is 12. The third-order valence-electron chi connectivity index (χ3n) is 7.99. The Morgan fingerprint density at radius 1 is 0.717 bits per heavy atom. The van der Waals surface area contributed by atoms with Crippen molar-refractivity contribution in [2.24, 2.45) is 0 Å². The Balaban J connectivity index is 1.54. The Hall–Kier alpha value is -1.63. The van der Waals surface area contributed by atoms with Gasteiger partial charge in [0, 0.05) is 13.2 Å². The van der Waals surface area contributed by atoms with Gasteiger partial charge in [-0.25, -0.2) is 0 Å². The number of amides is 1. The molecule has 0 aromatic carbocycles. The summed E-state index contributed by atoms with van der Waals surface area (Å²) in [6.07, 6.45) is -22.2. The van der Waals surface area contributed by atoms with E-state index < -0.39 is 118 Å². The van der Waals surface area contributed by atoms with Crippen LogP contribution in [0.3, 0.4) is 0 Å². The van der Waals surface area contributed by atoms with Crippen LogP contribution in [-0.4, -0.2) is 188 Å². The van der Waals surface area contributed by atoms with Crippen LogP contribution in [0.2, 0.25) is 0 Å². The number of carbonyl (C=O) groups is 1. The Morgan fingerprint density at radius 2 is 1.20 bits per heavy atom. The Kier molecular flexibility index (Phi) is 15.4. The zero-order valence-corrected chi connectivity index (χ0v) is 25.3. The van der Waals surface area contributed by atoms with Gasteiger partial charge in [-0.2, -0.15) is 0 Å². The van der Waals surface area contributed by atoms with Gasteiger partial charge in [0.1, 0.15) is 79.3 Å². The fourth-order valence-electron chi connectivity index (χ4n) is 5.22. The molecule has 16 atom stereocenters. The average Bonchev–Trinajstić information content (AvgIpc) is 3.05. The van der Waals surface area contributed by atoms with Crippen molar-refractivity contribution in [3.8, 4) is 0 Å². The summed E-state index contributed by atoms with van der Waals surface area (Å²) >= 11 is 0. The molecule has 0 spiro atoms. The first kappa shape index (κ1) is 38.8. The van der Waals surface area contributed by atoms with Crippen LogP contribution in [0.4, 0.5) is 0 Å². The number of hydrogen-bond acceptors (Lipinski definition) is 18. The number of aliphatic hydroxyl groups excluding tert-OH is 10. The predicted molar refractivity (Wildman–Crippen MR) is 150 cm³/mol. The molecule has 0 aromatic heterocycles. The van der Waals surface area contributed by atoms with E-state index in [-0.39, 0.29) is 12.5 Å². The van der Waals surface area contributed by atoms with Crippen molar-refractivity contribution in [3.63, 3.8) is 0 Å². The van der Waals surface area contributed by atoms with Crippen LogP contribution in [0.25, 0.3) is 0 Å². The Morgan fingerprint density at radius 3 is 1.72 bits per heavy atom. The zero-order chi connectivity index (χ0) is 34.1. The molecular weight excluding hydrogens is 624 g/mol. The summed E-state index contributed by atoms with van der Waals surface area (Å²) < 4.78 is 33.1. The molecule has 3 rings (SSSR count). The number of nitrogens with one attached hydrogen (secondary N) is 2. The molecule has 3 aliphatic heterocycles. The predicted octanol–water partition coefficient (Wildman–Crippen LogP) is -6.53. The molecule has 3 heterocycles. The summed E-state index contributed by atoms with van der Waals surface area (Å²) in [6, 6.07) is -0.448. The lowest BCUT2D eigenvalue weighted by Crippen LogP contribution is -2.66. The molecule has 19 heteroatoms. The zero-order valence-electron chi connectivity index (χ0n) is 25.3. The lowest BCUT2D eigenvalue weighted by Gasteiger charge is -2.48. The van der Waals surface area contributed by atoms with Crippen molar-refractivity contribution in [1.29, 1.82) is 0 Å². The third-order valence-corrected chi connectivity index (χ3v) is 7.99. The monoisotopic (exact) mass is 672 g/mol. The average molecular weight is 673 g/mol. The lowest BCUT2D eigenvalue weighted by atomic mass is 9.96. The van der Waals surface area contributed by atoms with Crippen LogP contribution >= 0.6 is 0 Å². The first-order valence-electron chi connectivity index (χ1n) is 15.0. The van der Waals surface area contributed by atoms with Crippen LogP contribution in [0, 0.1) is 0 Å². The van der Waals surface area contributed by atoms with Crippen LogP contribution in [0.1, 0.15) is 19.8 Å². The smallest absolute Gasteiger partial charge is 0.242 e. The van der Waals surface area contributed by atoms with Gasteiger partial charge in [-0.3, -0.25) is 4.79 Å². The molecule has 12 N–H and O–H groups in total. The number of ether oxygens (including phenoxy) is 6. The maximum absolute atomic E-state index is 11.9. The van der Waals surface area contributed by atoms with Gasteiger partial charge in [-0.1, -0.05) is 6.58 Å². The molecule has 0 saturated carbocycles. The summed E-state index contributed by atoms with van der Waals surface area (Å²) in [4.78, 5) is 11.9. The highest BCUT2D eigenvalue weighted by Gasteiger charge is 2.53. The van der Waals surface area contributed by atoms with Gasteiger partial charge in [0.2, 0.25) is 5.91 Å². The maximum Gasteiger partial charge on any atom is 0.242 e. The molecule has 46 heavy (non-hydrogen) atoms. The van der Waals surface area contributed by atoms with Crippen molar-refractivity contribution >= 4 is 5.91 Å². The van der Waals surface area contributed by atoms with E-state index in [0.29, 0.717) is 19.4 Å². The topological polar surface area (TPSA) is 299 Å². The summed E-state index contributed by atoms with van der Waals surface area (Å²) in [5.74, 6) is -0.214. The van der Waals surface area contributed by atoms with Crippen molar-refractivity contribution in [1.82, 2.24) is 10.6 Å². The number of carbonyl (C=O) groups excluding carboxylic acids is 1. The van der Waals surface area contributed by atoms with Crippen LogP contribution in [0.5, 0.6) is 0 Å². The van der Waals surface area contributed by atoms with E-state index >= 15 is 0 Å². The highest BCUT2D eigenvalue weighted by molar-refractivity contribution is 5.81. The molecule has 1 unspecified atom stereocenters. The number of unbranched alkanes of at least 4 members (excludes halogenated alkanes) is 1. The molecule has 3 saturated heterocycles. The van der Waals surface area contributed by atoms with Crippen LogP contribution < -0.4 is 10.6 Å². The standard InChI is InChI=1S/C27H48N2O17/c1-3-28-11(2)24(40)29-6-4-5-7-41-25-20(38)17(35)22(13(9-31)43-25)46-27-21(39)18(36)23(14(10-32)44-27)45-26-19(37)16(34)15(33)12(8-30)42-26/h3,11-23,25-28,30-39H,1,4-10H2,2H3,(H,29,40)/t11?,12-,13-,14-,15+,16+,17-,18-,19-,20-,21-,22-,23+,25-,26-,27+/m1/s1. The van der Waals surface area contributed by atoms with Crippen molar-refractivity contribution in [2.45, 2.75) is 118 Å². The molecule has 268 valence electrons. The molecule has 19 nitrogen and oxygen atoms in total. The van der Waals surface area contributed by atoms with Gasteiger partial charge in [-0.15, -0.1) is 0 Å². The SMILES string of the molecule is C=CNC(C)C(=O)NCCCCO[C@@H]1O[C@H](CO)[C@@H](O[C@@H]2O[C@H](CO)[C@H](O[C@H]3O[C@H](CO)[C@H](O)[C@H](O)[C@H]3O)[C@H](O)[C@H]2O)[C@H](O)[C@H]1O. The quantitative estimate of drug-likeness (QED) is 0.0678. The second kappa shape index (κ2) is 18.2. The molecule has 0 aromatic rings. The highest BCUT2D eigenvalue weighted by Crippen LogP contribution is 2.32. The van der Waals surface area contributed by atoms with Gasteiger partial charge in [0.25, 0.3) is 0 Å². The second-order valence-electron chi connectivity index (χ2n) is 11.3. The van der Waals surface area contributed by atoms with Gasteiger partial charge >= 0.3 is 0 Å². The minimum atomic E-state index is -1.92. The summed E-state index contributed by atoms with van der Waals surface area (Å²) in [6.45, 7) is 3.29. The van der Waals surface area contributed by atoms with Gasteiger partial charge in [-0.05, 0) is 26.0 Å². The normalized spacial score (nSPS) is 42.3. The van der Waals surface area contributed by atoms with Crippen molar-refractivity contribution in [2.75, 3.05) is 33.0 Å². The van der Waals surface area contributed by atoms with E-state index in [1.54, 1.807) is 6.92 Å². The van der Waals surface area contributed by atoms with E-state index in [0.717, 1.165) is 0 Å². The van der Waals surface area contributed by atoms with Gasteiger partial charge in [0.15, 0.2) is 18.9 Å². The molecule has 0 aliphatic carbocycles. The Bertz CT molecular complexity index is 931. The lowest BCUT2D eigenvalue weighted by molar-refractivity contribution is -0.379. The summed E-state index contributed by atoms with van der Waals surface area (Å²) in [7, 11) is 0. The van der Waals surface area contributed by atoms with Crippen LogP contribution in [-0.2, 0) is 33.2 Å². The molecule has 3 fully saturated rings. The van der Waals surface area contributed by atoms with Gasteiger partial charge in [0.05, 0.1) is 19.8 Å². The maximum atomic E-state index is 11.9. The fraction of sp³-hybridized carbons (Fsp3) is 0.889. The van der Waals surface area contributed by atoms with Gasteiger partial charge < -0.3 is 90.1 Å². The molecule has 0 radical (unpaired) electrons. The molecule has 1 amide bonds. The van der Waals surface area contributed by atoms with E-state index in [1.165, 1.54) is 6.20 Å².